The van der Waals surface area contributed by atoms with Crippen molar-refractivity contribution in [1.82, 2.24) is 10.2 Å². The van der Waals surface area contributed by atoms with Crippen LogP contribution in [0.5, 0.6) is 23.0 Å². The Morgan fingerprint density at radius 3 is 2.43 bits per heavy atom. The van der Waals surface area contributed by atoms with Gasteiger partial charge in [0.1, 0.15) is 46.7 Å². The molecule has 3 atom stereocenters. The molecule has 2 N–H and O–H groups in total. The van der Waals surface area contributed by atoms with Crippen molar-refractivity contribution in [3.05, 3.63) is 117 Å². The number of esters is 1. The molecule has 8 rings (SSSR count). The summed E-state index contributed by atoms with van der Waals surface area (Å²) in [5.74, 6) is -0.287. The van der Waals surface area contributed by atoms with Crippen LogP contribution in [-0.4, -0.2) is 64.1 Å². The lowest BCUT2D eigenvalue weighted by Gasteiger charge is -2.49. The standard InChI is InChI=1S/C38H32N2O9S2/c1-2-3-14-46-22-10-12-27-29(16-22)48-30-17-23(11-13-28(30)38(27)26-9-5-4-8-25(26)37(45)49-38)47-19-21-20-51-35-32(34(42)40(35)33(21)36(43)44)39-31(41)18-24-7-6-15-50-24/h4-13,15-17,32,35H,2-3,14,18-20H2,1H3,(H,39,41)(H,43,44). The number of carbonyl (C=O) groups excluding carboxylic acids is 3. The number of hydrogen-bond donors (Lipinski definition) is 2. The molecule has 1 spiro atoms. The van der Waals surface area contributed by atoms with Gasteiger partial charge in [-0.15, -0.1) is 23.1 Å². The summed E-state index contributed by atoms with van der Waals surface area (Å²) in [5.41, 5.74) is 1.45. The van der Waals surface area contributed by atoms with E-state index in [2.05, 4.69) is 12.2 Å². The van der Waals surface area contributed by atoms with E-state index in [1.807, 2.05) is 41.8 Å². The highest BCUT2D eigenvalue weighted by Crippen LogP contribution is 2.57. The van der Waals surface area contributed by atoms with E-state index in [-0.39, 0.29) is 24.6 Å². The van der Waals surface area contributed by atoms with Gasteiger partial charge in [0.15, 0.2) is 5.60 Å². The number of amides is 2. The number of carboxylic acids is 1. The zero-order valence-corrected chi connectivity index (χ0v) is 29.0. The molecule has 2 amide bonds. The molecule has 3 unspecified atom stereocenters. The van der Waals surface area contributed by atoms with Crippen molar-refractivity contribution in [1.29, 1.82) is 0 Å². The first-order chi connectivity index (χ1) is 24.8. The largest absolute Gasteiger partial charge is 0.493 e. The lowest BCUT2D eigenvalue weighted by atomic mass is 9.77. The van der Waals surface area contributed by atoms with Crippen LogP contribution < -0.4 is 19.5 Å². The van der Waals surface area contributed by atoms with Crippen molar-refractivity contribution < 1.29 is 43.2 Å². The predicted molar refractivity (Wildman–Crippen MR) is 188 cm³/mol. The lowest BCUT2D eigenvalue weighted by Crippen LogP contribution is -2.70. The average Bonchev–Trinajstić information content (AvgIpc) is 3.75. The normalized spacial score (nSPS) is 21.1. The van der Waals surface area contributed by atoms with E-state index < -0.39 is 34.9 Å². The Bertz CT molecular complexity index is 2110. The van der Waals surface area contributed by atoms with Crippen molar-refractivity contribution in [2.75, 3.05) is 19.0 Å². The molecular formula is C38H32N2O9S2. The zero-order chi connectivity index (χ0) is 35.3. The first-order valence-corrected chi connectivity index (χ1v) is 18.5. The van der Waals surface area contributed by atoms with Gasteiger partial charge >= 0.3 is 11.9 Å². The second kappa shape index (κ2) is 13.1. The molecule has 0 saturated carbocycles. The van der Waals surface area contributed by atoms with E-state index in [1.165, 1.54) is 28.0 Å². The number of β-lactam (4-membered cyclic amide) rings is 1. The van der Waals surface area contributed by atoms with Crippen molar-refractivity contribution in [3.63, 3.8) is 0 Å². The van der Waals surface area contributed by atoms with E-state index in [1.54, 1.807) is 36.4 Å². The number of aliphatic carboxylic acids is 1. The first kappa shape index (κ1) is 32.9. The van der Waals surface area contributed by atoms with Crippen LogP contribution in [-0.2, 0) is 31.1 Å². The van der Waals surface area contributed by atoms with Crippen molar-refractivity contribution in [2.45, 2.75) is 43.2 Å². The first-order valence-electron chi connectivity index (χ1n) is 16.6. The summed E-state index contributed by atoms with van der Waals surface area (Å²) in [6.45, 7) is 2.53. The van der Waals surface area contributed by atoms with E-state index in [0.717, 1.165) is 17.7 Å². The average molecular weight is 725 g/mol. The highest BCUT2D eigenvalue weighted by Gasteiger charge is 2.55. The van der Waals surface area contributed by atoms with Crippen LogP contribution in [0, 0.1) is 0 Å². The fourth-order valence-corrected chi connectivity index (χ4v) is 8.94. The van der Waals surface area contributed by atoms with Gasteiger partial charge in [0.2, 0.25) is 5.91 Å². The molecule has 5 heterocycles. The van der Waals surface area contributed by atoms with Crippen LogP contribution in [0.15, 0.2) is 89.4 Å². The molecular weight excluding hydrogens is 693 g/mol. The summed E-state index contributed by atoms with van der Waals surface area (Å²) in [6, 6.07) is 20.9. The molecule has 0 bridgehead atoms. The van der Waals surface area contributed by atoms with Gasteiger partial charge in [-0.05, 0) is 48.2 Å². The number of unbranched alkanes of at least 4 members (excludes halogenated alkanes) is 1. The second-order valence-electron chi connectivity index (χ2n) is 12.5. The molecule has 260 valence electrons. The van der Waals surface area contributed by atoms with Gasteiger partial charge in [0, 0.05) is 45.0 Å². The van der Waals surface area contributed by atoms with Gasteiger partial charge in [-0.3, -0.25) is 14.5 Å². The molecule has 4 aliphatic heterocycles. The number of nitrogens with zero attached hydrogens (tertiary/aromatic N) is 1. The molecule has 4 aromatic rings. The minimum Gasteiger partial charge on any atom is -0.493 e. The fraction of sp³-hybridized carbons (Fsp3) is 0.263. The Morgan fingerprint density at radius 2 is 1.73 bits per heavy atom. The summed E-state index contributed by atoms with van der Waals surface area (Å²) in [4.78, 5) is 53.6. The topological polar surface area (TPSA) is 141 Å². The minimum absolute atomic E-state index is 0.103. The lowest BCUT2D eigenvalue weighted by molar-refractivity contribution is -0.150. The van der Waals surface area contributed by atoms with Crippen LogP contribution in [0.25, 0.3) is 0 Å². The summed E-state index contributed by atoms with van der Waals surface area (Å²) in [6.07, 6.45) is 2.04. The number of thiophene rings is 1. The summed E-state index contributed by atoms with van der Waals surface area (Å²) >= 11 is 2.83. The van der Waals surface area contributed by atoms with Gasteiger partial charge < -0.3 is 29.4 Å². The Hall–Kier alpha value is -5.27. The number of fused-ring (bicyclic) bond motifs is 7. The fourth-order valence-electron chi connectivity index (χ4n) is 6.91. The number of thioether (sulfide) groups is 1. The van der Waals surface area contributed by atoms with E-state index in [4.69, 9.17) is 18.9 Å². The van der Waals surface area contributed by atoms with Crippen molar-refractivity contribution in [2.24, 2.45) is 0 Å². The zero-order valence-electron chi connectivity index (χ0n) is 27.4. The maximum atomic E-state index is 13.2. The predicted octanol–water partition coefficient (Wildman–Crippen LogP) is 5.86. The van der Waals surface area contributed by atoms with Crippen LogP contribution in [0.2, 0.25) is 0 Å². The van der Waals surface area contributed by atoms with Crippen molar-refractivity contribution in [3.8, 4) is 23.0 Å². The monoisotopic (exact) mass is 724 g/mol. The minimum atomic E-state index is -1.27. The van der Waals surface area contributed by atoms with Gasteiger partial charge in [0.25, 0.3) is 5.91 Å². The third-order valence-corrected chi connectivity index (χ3v) is 11.5. The Morgan fingerprint density at radius 1 is 0.980 bits per heavy atom. The van der Waals surface area contributed by atoms with Crippen LogP contribution >= 0.6 is 23.1 Å². The smallest absolute Gasteiger partial charge is 0.352 e. The number of nitrogens with one attached hydrogen (secondary N) is 1. The second-order valence-corrected chi connectivity index (χ2v) is 14.6. The molecule has 51 heavy (non-hydrogen) atoms. The molecule has 1 aromatic heterocycles. The maximum Gasteiger partial charge on any atom is 0.352 e. The van der Waals surface area contributed by atoms with Crippen LogP contribution in [0.3, 0.4) is 0 Å². The Kier molecular flexibility index (Phi) is 8.47. The highest BCUT2D eigenvalue weighted by atomic mass is 32.2. The van der Waals surface area contributed by atoms with Crippen LogP contribution in [0.1, 0.15) is 51.7 Å². The number of ether oxygens (including phenoxy) is 4. The van der Waals surface area contributed by atoms with Crippen LogP contribution in [0.4, 0.5) is 0 Å². The third kappa shape index (κ3) is 5.60. The Labute approximate surface area is 301 Å². The van der Waals surface area contributed by atoms with Gasteiger partial charge in [-0.2, -0.15) is 0 Å². The summed E-state index contributed by atoms with van der Waals surface area (Å²) in [7, 11) is 0. The molecule has 11 nitrogen and oxygen atoms in total. The number of carbonyl (C=O) groups is 4. The Balaban J connectivity index is 1.05. The SMILES string of the molecule is CCCCOc1ccc2c(c1)Oc1cc(OCC3=C(C(=O)O)N4C(=O)C(NC(=O)Cc5cccs5)C4SC3)ccc1C21OC(=O)c2ccccc21. The number of benzene rings is 3. The molecule has 0 radical (unpaired) electrons. The number of rotatable bonds is 11. The van der Waals surface area contributed by atoms with Gasteiger partial charge in [-0.1, -0.05) is 37.6 Å². The van der Waals surface area contributed by atoms with Gasteiger partial charge in [-0.25, -0.2) is 9.59 Å². The molecule has 4 aliphatic rings. The molecule has 0 aliphatic carbocycles. The summed E-state index contributed by atoms with van der Waals surface area (Å²) < 4.78 is 24.8. The molecule has 13 heteroatoms. The molecule has 1 fully saturated rings. The quantitative estimate of drug-likeness (QED) is 0.110. The highest BCUT2D eigenvalue weighted by molar-refractivity contribution is 8.00. The third-order valence-electron chi connectivity index (χ3n) is 9.32. The molecule has 1 saturated heterocycles. The number of hydrogen-bond acceptors (Lipinski definition) is 10. The number of carboxylic acid groups (broad SMARTS) is 1. The van der Waals surface area contributed by atoms with Gasteiger partial charge in [0.05, 0.1) is 18.6 Å². The van der Waals surface area contributed by atoms with E-state index in [9.17, 15) is 24.3 Å². The maximum absolute atomic E-state index is 13.2. The van der Waals surface area contributed by atoms with Crippen molar-refractivity contribution >= 4 is 46.9 Å². The van der Waals surface area contributed by atoms with E-state index in [0.29, 0.717) is 63.2 Å². The molecule has 3 aromatic carbocycles. The summed E-state index contributed by atoms with van der Waals surface area (Å²) in [5, 5.41) is 14.3. The van der Waals surface area contributed by atoms with E-state index >= 15 is 0 Å².